The Morgan fingerprint density at radius 2 is 1.82 bits per heavy atom. The number of carboxylic acids is 1. The highest BCUT2D eigenvalue weighted by Gasteiger charge is 2.16. The highest BCUT2D eigenvalue weighted by atomic mass is 16.5. The van der Waals surface area contributed by atoms with Crippen LogP contribution in [0.25, 0.3) is 5.69 Å². The summed E-state index contributed by atoms with van der Waals surface area (Å²) in [5.41, 5.74) is -1.38. The van der Waals surface area contributed by atoms with Crippen LogP contribution >= 0.6 is 0 Å². The van der Waals surface area contributed by atoms with Gasteiger partial charge in [0, 0.05) is 12.7 Å². The van der Waals surface area contributed by atoms with E-state index < -0.39 is 22.8 Å². The maximum absolute atomic E-state index is 12.3. The second-order valence-electron chi connectivity index (χ2n) is 4.48. The van der Waals surface area contributed by atoms with Gasteiger partial charge in [-0.15, -0.1) is 0 Å². The molecule has 7 heteroatoms. The number of rotatable bonds is 5. The van der Waals surface area contributed by atoms with Crippen molar-refractivity contribution < 1.29 is 14.6 Å². The molecule has 22 heavy (non-hydrogen) atoms. The van der Waals surface area contributed by atoms with Gasteiger partial charge >= 0.3 is 11.7 Å². The molecule has 2 rings (SSSR count). The van der Waals surface area contributed by atoms with Crippen molar-refractivity contribution >= 4 is 5.97 Å². The Morgan fingerprint density at radius 3 is 2.32 bits per heavy atom. The molecule has 0 fully saturated rings. The molecular weight excluding hydrogens is 288 g/mol. The van der Waals surface area contributed by atoms with Gasteiger partial charge in [-0.05, 0) is 38.1 Å². The zero-order valence-electron chi connectivity index (χ0n) is 12.3. The molecule has 0 aliphatic heterocycles. The Morgan fingerprint density at radius 1 is 1.18 bits per heavy atom. The number of carboxylic acid groups (broad SMARTS) is 1. The van der Waals surface area contributed by atoms with Crippen molar-refractivity contribution in [2.75, 3.05) is 6.61 Å². The van der Waals surface area contributed by atoms with Crippen molar-refractivity contribution in [1.82, 2.24) is 9.13 Å². The van der Waals surface area contributed by atoms with E-state index in [2.05, 4.69) is 0 Å². The molecule has 2 aromatic rings. The number of hydrogen-bond acceptors (Lipinski definition) is 4. The summed E-state index contributed by atoms with van der Waals surface area (Å²) < 4.78 is 7.35. The van der Waals surface area contributed by atoms with Crippen LogP contribution < -0.4 is 16.0 Å². The zero-order valence-corrected chi connectivity index (χ0v) is 12.3. The average Bonchev–Trinajstić information content (AvgIpc) is 2.49. The van der Waals surface area contributed by atoms with Gasteiger partial charge < -0.3 is 9.84 Å². The molecule has 0 bridgehead atoms. The number of nitrogens with zero attached hydrogens (tertiary/aromatic N) is 2. The fourth-order valence-corrected chi connectivity index (χ4v) is 2.08. The topological polar surface area (TPSA) is 90.5 Å². The molecule has 7 nitrogen and oxygen atoms in total. The predicted molar refractivity (Wildman–Crippen MR) is 80.1 cm³/mol. The molecule has 0 saturated heterocycles. The minimum Gasteiger partial charge on any atom is -0.494 e. The van der Waals surface area contributed by atoms with Crippen molar-refractivity contribution in [2.24, 2.45) is 0 Å². The predicted octanol–water partition coefficient (Wildman–Crippen LogP) is 1.12. The fraction of sp³-hybridized carbons (Fsp3) is 0.267. The van der Waals surface area contributed by atoms with E-state index in [1.807, 2.05) is 6.92 Å². The van der Waals surface area contributed by atoms with E-state index in [0.29, 0.717) is 18.0 Å². The number of aromatic nitrogens is 2. The first-order chi connectivity index (χ1) is 10.5. The van der Waals surface area contributed by atoms with E-state index in [-0.39, 0.29) is 6.54 Å². The van der Waals surface area contributed by atoms with E-state index in [0.717, 1.165) is 15.3 Å². The van der Waals surface area contributed by atoms with Crippen molar-refractivity contribution in [3.63, 3.8) is 0 Å². The van der Waals surface area contributed by atoms with Gasteiger partial charge in [0.05, 0.1) is 12.3 Å². The Balaban J connectivity index is 2.64. The van der Waals surface area contributed by atoms with Gasteiger partial charge in [0.15, 0.2) is 0 Å². The molecule has 0 aliphatic carbocycles. The van der Waals surface area contributed by atoms with Gasteiger partial charge in [0.1, 0.15) is 11.3 Å². The lowest BCUT2D eigenvalue weighted by Crippen LogP contribution is -2.41. The number of benzene rings is 1. The zero-order chi connectivity index (χ0) is 16.3. The van der Waals surface area contributed by atoms with Crippen LogP contribution in [0.5, 0.6) is 5.75 Å². The van der Waals surface area contributed by atoms with Gasteiger partial charge in [0.25, 0.3) is 5.56 Å². The highest BCUT2D eigenvalue weighted by molar-refractivity contribution is 5.86. The van der Waals surface area contributed by atoms with Crippen LogP contribution in [0.2, 0.25) is 0 Å². The molecular formula is C15H16N2O5. The monoisotopic (exact) mass is 304 g/mol. The maximum Gasteiger partial charge on any atom is 0.342 e. The summed E-state index contributed by atoms with van der Waals surface area (Å²) in [6.45, 7) is 4.07. The Labute approximate surface area is 126 Å². The van der Waals surface area contributed by atoms with Crippen molar-refractivity contribution in [3.05, 3.63) is 56.9 Å². The normalized spacial score (nSPS) is 10.5. The molecule has 1 aromatic heterocycles. The van der Waals surface area contributed by atoms with Crippen LogP contribution in [-0.4, -0.2) is 26.8 Å². The van der Waals surface area contributed by atoms with E-state index in [1.54, 1.807) is 31.2 Å². The summed E-state index contributed by atoms with van der Waals surface area (Å²) in [6.07, 6.45) is 1.05. The van der Waals surface area contributed by atoms with Gasteiger partial charge in [-0.3, -0.25) is 13.9 Å². The number of aromatic carboxylic acids is 1. The van der Waals surface area contributed by atoms with Crippen LogP contribution in [-0.2, 0) is 6.54 Å². The summed E-state index contributed by atoms with van der Waals surface area (Å²) in [7, 11) is 0. The Hall–Kier alpha value is -2.83. The van der Waals surface area contributed by atoms with Gasteiger partial charge in [0.2, 0.25) is 0 Å². The lowest BCUT2D eigenvalue weighted by molar-refractivity contribution is 0.0693. The van der Waals surface area contributed by atoms with Crippen LogP contribution in [0, 0.1) is 0 Å². The first-order valence-corrected chi connectivity index (χ1v) is 6.82. The highest BCUT2D eigenvalue weighted by Crippen LogP contribution is 2.14. The lowest BCUT2D eigenvalue weighted by Gasteiger charge is -2.11. The molecule has 0 unspecified atom stereocenters. The van der Waals surface area contributed by atoms with Crippen molar-refractivity contribution in [1.29, 1.82) is 0 Å². The van der Waals surface area contributed by atoms with Crippen molar-refractivity contribution in [2.45, 2.75) is 20.4 Å². The molecule has 0 radical (unpaired) electrons. The summed E-state index contributed by atoms with van der Waals surface area (Å²) in [5.74, 6) is -0.728. The molecule has 116 valence electrons. The molecule has 1 N–H and O–H groups in total. The second-order valence-corrected chi connectivity index (χ2v) is 4.48. The van der Waals surface area contributed by atoms with E-state index in [4.69, 9.17) is 9.84 Å². The van der Waals surface area contributed by atoms with Crippen LogP contribution in [0.4, 0.5) is 0 Å². The second kappa shape index (κ2) is 6.30. The fourth-order valence-electron chi connectivity index (χ4n) is 2.08. The molecule has 0 aliphatic rings. The summed E-state index contributed by atoms with van der Waals surface area (Å²) in [4.78, 5) is 35.4. The van der Waals surface area contributed by atoms with Crippen molar-refractivity contribution in [3.8, 4) is 11.4 Å². The molecule has 0 saturated carbocycles. The summed E-state index contributed by atoms with van der Waals surface area (Å²) >= 11 is 0. The molecule has 1 heterocycles. The minimum atomic E-state index is -1.37. The summed E-state index contributed by atoms with van der Waals surface area (Å²) in [5, 5.41) is 9.11. The maximum atomic E-state index is 12.3. The third kappa shape index (κ3) is 2.78. The quantitative estimate of drug-likeness (QED) is 0.893. The standard InChI is InChI=1S/C15H16N2O5/c1-3-16-13(18)12(14(19)20)9-17(15(16)21)10-5-7-11(8-6-10)22-4-2/h5-9H,3-4H2,1-2H3,(H,19,20). The Bertz CT molecular complexity index is 802. The molecule has 0 amide bonds. The Kier molecular flexibility index (Phi) is 4.45. The number of carbonyl (C=O) groups is 1. The molecule has 0 spiro atoms. The van der Waals surface area contributed by atoms with Gasteiger partial charge in [-0.25, -0.2) is 9.59 Å². The minimum absolute atomic E-state index is 0.0931. The first kappa shape index (κ1) is 15.6. The van der Waals surface area contributed by atoms with Crippen LogP contribution in [0.1, 0.15) is 24.2 Å². The largest absolute Gasteiger partial charge is 0.494 e. The smallest absolute Gasteiger partial charge is 0.342 e. The van der Waals surface area contributed by atoms with Gasteiger partial charge in [-0.1, -0.05) is 0 Å². The van der Waals surface area contributed by atoms with E-state index in [1.165, 1.54) is 0 Å². The SMILES string of the molecule is CCOc1ccc(-n2cc(C(=O)O)c(=O)n(CC)c2=O)cc1. The van der Waals surface area contributed by atoms with Crippen LogP contribution in [0.3, 0.4) is 0 Å². The molecule has 1 aromatic carbocycles. The lowest BCUT2D eigenvalue weighted by atomic mass is 10.2. The first-order valence-electron chi connectivity index (χ1n) is 6.82. The average molecular weight is 304 g/mol. The number of ether oxygens (including phenoxy) is 1. The third-order valence-electron chi connectivity index (χ3n) is 3.14. The van der Waals surface area contributed by atoms with E-state index >= 15 is 0 Å². The summed E-state index contributed by atoms with van der Waals surface area (Å²) in [6, 6.07) is 6.60. The number of hydrogen-bond donors (Lipinski definition) is 1. The van der Waals surface area contributed by atoms with Gasteiger partial charge in [-0.2, -0.15) is 0 Å². The molecule has 0 atom stereocenters. The van der Waals surface area contributed by atoms with Crippen LogP contribution in [0.15, 0.2) is 40.1 Å². The third-order valence-corrected chi connectivity index (χ3v) is 3.14. The van der Waals surface area contributed by atoms with E-state index in [9.17, 15) is 14.4 Å².